The van der Waals surface area contributed by atoms with Crippen molar-refractivity contribution < 1.29 is 4.79 Å². The first kappa shape index (κ1) is 13.5. The van der Waals surface area contributed by atoms with Crippen molar-refractivity contribution in [1.82, 2.24) is 0 Å². The average Bonchev–Trinajstić information content (AvgIpc) is 2.33. The van der Waals surface area contributed by atoms with Gasteiger partial charge in [0, 0.05) is 12.0 Å². The van der Waals surface area contributed by atoms with E-state index in [0.717, 1.165) is 16.7 Å². The highest BCUT2D eigenvalue weighted by atomic mass is 16.1. The third-order valence-electron chi connectivity index (χ3n) is 3.52. The largest absolute Gasteiger partial charge is 0.294 e. The minimum Gasteiger partial charge on any atom is -0.294 e. The maximum absolute atomic E-state index is 12.4. The van der Waals surface area contributed by atoms with E-state index in [-0.39, 0.29) is 5.78 Å². The highest BCUT2D eigenvalue weighted by Gasteiger charge is 2.11. The van der Waals surface area contributed by atoms with Crippen molar-refractivity contribution in [1.29, 1.82) is 0 Å². The Morgan fingerprint density at radius 1 is 0.895 bits per heavy atom. The maximum Gasteiger partial charge on any atom is 0.167 e. The molecule has 0 fully saturated rings. The molecule has 2 aromatic rings. The molecule has 0 amide bonds. The van der Waals surface area contributed by atoms with Crippen LogP contribution in [0.15, 0.2) is 36.4 Å². The molecule has 0 atom stereocenters. The normalized spacial score (nSPS) is 10.5. The summed E-state index contributed by atoms with van der Waals surface area (Å²) in [7, 11) is 0. The molecule has 0 heterocycles. The third-order valence-corrected chi connectivity index (χ3v) is 3.52. The second kappa shape index (κ2) is 5.40. The van der Waals surface area contributed by atoms with Gasteiger partial charge >= 0.3 is 0 Å². The van der Waals surface area contributed by atoms with Gasteiger partial charge in [0.15, 0.2) is 5.78 Å². The van der Waals surface area contributed by atoms with E-state index in [4.69, 9.17) is 0 Å². The predicted octanol–water partition coefficient (Wildman–Crippen LogP) is 4.35. The Hall–Kier alpha value is -1.89. The third kappa shape index (κ3) is 3.11. The Morgan fingerprint density at radius 3 is 2.11 bits per heavy atom. The second-order valence-electron chi connectivity index (χ2n) is 5.35. The van der Waals surface area contributed by atoms with Gasteiger partial charge in [-0.3, -0.25) is 4.79 Å². The van der Waals surface area contributed by atoms with Gasteiger partial charge in [0.2, 0.25) is 0 Å². The highest BCUT2D eigenvalue weighted by Crippen LogP contribution is 2.19. The van der Waals surface area contributed by atoms with Crippen molar-refractivity contribution in [2.24, 2.45) is 0 Å². The smallest absolute Gasteiger partial charge is 0.167 e. The number of aryl methyl sites for hydroxylation is 4. The minimum atomic E-state index is 0.193. The second-order valence-corrected chi connectivity index (χ2v) is 5.35. The van der Waals surface area contributed by atoms with Gasteiger partial charge in [0.1, 0.15) is 0 Å². The number of hydrogen-bond donors (Lipinski definition) is 0. The molecular formula is C18H20O. The van der Waals surface area contributed by atoms with Crippen LogP contribution in [-0.2, 0) is 6.42 Å². The van der Waals surface area contributed by atoms with E-state index in [2.05, 4.69) is 32.9 Å². The minimum absolute atomic E-state index is 0.193. The summed E-state index contributed by atoms with van der Waals surface area (Å²) in [6.45, 7) is 8.27. The Morgan fingerprint density at radius 2 is 1.53 bits per heavy atom. The lowest BCUT2D eigenvalue weighted by atomic mass is 9.93. The molecule has 0 saturated heterocycles. The molecule has 1 heteroatoms. The molecule has 19 heavy (non-hydrogen) atoms. The van der Waals surface area contributed by atoms with E-state index < -0.39 is 0 Å². The maximum atomic E-state index is 12.4. The fourth-order valence-corrected chi connectivity index (χ4v) is 2.57. The summed E-state index contributed by atoms with van der Waals surface area (Å²) in [5.41, 5.74) is 6.76. The zero-order chi connectivity index (χ0) is 14.0. The zero-order valence-electron chi connectivity index (χ0n) is 12.1. The van der Waals surface area contributed by atoms with Crippen molar-refractivity contribution in [3.05, 3.63) is 69.8 Å². The van der Waals surface area contributed by atoms with Crippen molar-refractivity contribution in [3.8, 4) is 0 Å². The molecule has 0 saturated carbocycles. The molecule has 0 aliphatic heterocycles. The van der Waals surface area contributed by atoms with Crippen LogP contribution in [0.5, 0.6) is 0 Å². The van der Waals surface area contributed by atoms with Gasteiger partial charge in [-0.25, -0.2) is 0 Å². The van der Waals surface area contributed by atoms with Gasteiger partial charge in [0.05, 0.1) is 0 Å². The lowest BCUT2D eigenvalue weighted by Crippen LogP contribution is -2.07. The summed E-state index contributed by atoms with van der Waals surface area (Å²) in [6, 6.07) is 12.1. The van der Waals surface area contributed by atoms with Crippen molar-refractivity contribution in [2.75, 3.05) is 0 Å². The molecule has 0 aromatic heterocycles. The number of benzene rings is 2. The summed E-state index contributed by atoms with van der Waals surface area (Å²) in [5.74, 6) is 0.193. The first-order valence-electron chi connectivity index (χ1n) is 6.64. The fraction of sp³-hybridized carbons (Fsp3) is 0.278. The van der Waals surface area contributed by atoms with Gasteiger partial charge in [-0.05, 0) is 50.5 Å². The predicted molar refractivity (Wildman–Crippen MR) is 79.9 cm³/mol. The number of hydrogen-bond acceptors (Lipinski definition) is 1. The van der Waals surface area contributed by atoms with Gasteiger partial charge in [-0.2, -0.15) is 0 Å². The van der Waals surface area contributed by atoms with Crippen LogP contribution in [0, 0.1) is 27.7 Å². The van der Waals surface area contributed by atoms with Crippen LogP contribution in [-0.4, -0.2) is 5.78 Å². The van der Waals surface area contributed by atoms with E-state index in [9.17, 15) is 4.79 Å². The van der Waals surface area contributed by atoms with E-state index in [0.29, 0.717) is 6.42 Å². The number of carbonyl (C=O) groups excluding carboxylic acids is 1. The number of ketones is 1. The molecule has 1 nitrogen and oxygen atoms in total. The molecule has 0 spiro atoms. The topological polar surface area (TPSA) is 17.1 Å². The van der Waals surface area contributed by atoms with E-state index in [1.165, 1.54) is 16.7 Å². The number of Topliss-reactive ketones (excluding diaryl/α,β-unsaturated/α-hetero) is 1. The SMILES string of the molecule is Cc1cccc(C(=O)Cc2c(C)cc(C)cc2C)c1. The standard InChI is InChI=1S/C18H20O/c1-12-6-5-7-16(10-12)18(19)11-17-14(3)8-13(2)9-15(17)4/h5-10H,11H2,1-4H3. The van der Waals surface area contributed by atoms with Crippen LogP contribution in [0.1, 0.15) is 38.2 Å². The van der Waals surface area contributed by atoms with Crippen molar-refractivity contribution >= 4 is 5.78 Å². The molecule has 2 aromatic carbocycles. The van der Waals surface area contributed by atoms with E-state index in [1.54, 1.807) is 0 Å². The number of rotatable bonds is 3. The first-order chi connectivity index (χ1) is 8.97. The monoisotopic (exact) mass is 252 g/mol. The fourth-order valence-electron chi connectivity index (χ4n) is 2.57. The highest BCUT2D eigenvalue weighted by molar-refractivity contribution is 5.98. The Labute approximate surface area is 115 Å². The van der Waals surface area contributed by atoms with Crippen LogP contribution >= 0.6 is 0 Å². The zero-order valence-corrected chi connectivity index (χ0v) is 12.1. The van der Waals surface area contributed by atoms with Gasteiger partial charge < -0.3 is 0 Å². The lowest BCUT2D eigenvalue weighted by Gasteiger charge is -2.11. The quantitative estimate of drug-likeness (QED) is 0.742. The van der Waals surface area contributed by atoms with Crippen LogP contribution in [0.25, 0.3) is 0 Å². The molecule has 98 valence electrons. The van der Waals surface area contributed by atoms with Gasteiger partial charge in [0.25, 0.3) is 0 Å². The van der Waals surface area contributed by atoms with E-state index >= 15 is 0 Å². The molecule has 2 rings (SSSR count). The molecule has 0 radical (unpaired) electrons. The van der Waals surface area contributed by atoms with Gasteiger partial charge in [-0.15, -0.1) is 0 Å². The van der Waals surface area contributed by atoms with Gasteiger partial charge in [-0.1, -0.05) is 41.5 Å². The average molecular weight is 252 g/mol. The Bertz CT molecular complexity index is 600. The Kier molecular flexibility index (Phi) is 3.84. The van der Waals surface area contributed by atoms with Crippen LogP contribution in [0.3, 0.4) is 0 Å². The molecule has 0 N–H and O–H groups in total. The van der Waals surface area contributed by atoms with E-state index in [1.807, 2.05) is 31.2 Å². The lowest BCUT2D eigenvalue weighted by molar-refractivity contribution is 0.0992. The first-order valence-corrected chi connectivity index (χ1v) is 6.64. The van der Waals surface area contributed by atoms with Crippen LogP contribution < -0.4 is 0 Å². The van der Waals surface area contributed by atoms with Crippen molar-refractivity contribution in [2.45, 2.75) is 34.1 Å². The molecule has 0 aliphatic rings. The summed E-state index contributed by atoms with van der Waals surface area (Å²) in [6.07, 6.45) is 0.487. The summed E-state index contributed by atoms with van der Waals surface area (Å²) in [5, 5.41) is 0. The van der Waals surface area contributed by atoms with Crippen LogP contribution in [0.2, 0.25) is 0 Å². The molecular weight excluding hydrogens is 232 g/mol. The molecule has 0 bridgehead atoms. The summed E-state index contributed by atoms with van der Waals surface area (Å²) >= 11 is 0. The summed E-state index contributed by atoms with van der Waals surface area (Å²) in [4.78, 5) is 12.4. The molecule has 0 aliphatic carbocycles. The Balaban J connectivity index is 2.29. The number of carbonyl (C=O) groups is 1. The summed E-state index contributed by atoms with van der Waals surface area (Å²) < 4.78 is 0. The molecule has 0 unspecified atom stereocenters. The van der Waals surface area contributed by atoms with Crippen LogP contribution in [0.4, 0.5) is 0 Å². The van der Waals surface area contributed by atoms with Crippen molar-refractivity contribution in [3.63, 3.8) is 0 Å².